The molecule has 1 aliphatic rings. The summed E-state index contributed by atoms with van der Waals surface area (Å²) in [5.41, 5.74) is 5.26. The van der Waals surface area contributed by atoms with E-state index in [2.05, 4.69) is 0 Å². The minimum atomic E-state index is -0.599. The van der Waals surface area contributed by atoms with Crippen molar-refractivity contribution in [3.05, 3.63) is 0 Å². The number of hydrogen-bond acceptors (Lipinski definition) is 5. The van der Waals surface area contributed by atoms with E-state index in [0.717, 1.165) is 0 Å². The van der Waals surface area contributed by atoms with Crippen molar-refractivity contribution in [1.82, 2.24) is 4.90 Å². The van der Waals surface area contributed by atoms with Gasteiger partial charge < -0.3 is 15.2 Å². The van der Waals surface area contributed by atoms with Crippen molar-refractivity contribution in [2.24, 2.45) is 5.73 Å². The molecule has 2 atom stereocenters. The molecular weight excluding hydrogens is 248 g/mol. The Morgan fingerprint density at radius 1 is 1.32 bits per heavy atom. The molecule has 0 aromatic heterocycles. The number of rotatable bonds is 2. The van der Waals surface area contributed by atoms with E-state index in [4.69, 9.17) is 15.2 Å². The zero-order valence-electron chi connectivity index (χ0n) is 12.1. The number of hydrogen-bond donors (Lipinski definition) is 1. The number of carbonyl (C=O) groups is 2. The van der Waals surface area contributed by atoms with E-state index in [9.17, 15) is 9.59 Å². The van der Waals surface area contributed by atoms with E-state index in [1.807, 2.05) is 0 Å². The summed E-state index contributed by atoms with van der Waals surface area (Å²) in [5.74, 6) is -0.389. The maximum atomic E-state index is 12.1. The first-order valence-electron chi connectivity index (χ1n) is 6.66. The summed E-state index contributed by atoms with van der Waals surface area (Å²) in [6.07, 6.45) is 0.697. The van der Waals surface area contributed by atoms with Gasteiger partial charge in [0.1, 0.15) is 11.6 Å². The predicted octanol–water partition coefficient (Wildman–Crippen LogP) is 1.28. The number of nitrogens with zero attached hydrogens (tertiary/aromatic N) is 1. The Morgan fingerprint density at radius 2 is 1.95 bits per heavy atom. The van der Waals surface area contributed by atoms with Gasteiger partial charge in [0.05, 0.1) is 6.61 Å². The lowest BCUT2D eigenvalue weighted by molar-refractivity contribution is -0.150. The lowest BCUT2D eigenvalue weighted by Crippen LogP contribution is -2.55. The highest BCUT2D eigenvalue weighted by Gasteiger charge is 2.37. The van der Waals surface area contributed by atoms with Crippen molar-refractivity contribution in [3.63, 3.8) is 0 Å². The molecule has 0 saturated carbocycles. The number of nitrogens with two attached hydrogens (primary N) is 1. The molecule has 0 aromatic rings. The molecule has 19 heavy (non-hydrogen) atoms. The molecule has 1 saturated heterocycles. The maximum absolute atomic E-state index is 12.1. The fraction of sp³-hybridized carbons (Fsp3) is 0.846. The summed E-state index contributed by atoms with van der Waals surface area (Å²) < 4.78 is 10.3. The Kier molecular flexibility index (Phi) is 5.17. The number of carbonyl (C=O) groups excluding carboxylic acids is 2. The van der Waals surface area contributed by atoms with Crippen LogP contribution in [0.25, 0.3) is 0 Å². The molecule has 0 unspecified atom stereocenters. The van der Waals surface area contributed by atoms with Gasteiger partial charge >= 0.3 is 12.1 Å². The van der Waals surface area contributed by atoms with Crippen molar-refractivity contribution < 1.29 is 19.1 Å². The summed E-state index contributed by atoms with van der Waals surface area (Å²) in [5, 5.41) is 0. The van der Waals surface area contributed by atoms with Crippen LogP contribution in [0.2, 0.25) is 0 Å². The second kappa shape index (κ2) is 6.23. The van der Waals surface area contributed by atoms with Gasteiger partial charge in [-0.3, -0.25) is 4.90 Å². The second-order valence-electron chi connectivity index (χ2n) is 5.74. The molecule has 6 heteroatoms. The van der Waals surface area contributed by atoms with Gasteiger partial charge in [-0.2, -0.15) is 0 Å². The Hall–Kier alpha value is -1.30. The van der Waals surface area contributed by atoms with Gasteiger partial charge in [0, 0.05) is 12.6 Å². The molecule has 1 fully saturated rings. The molecule has 0 bridgehead atoms. The molecule has 1 aliphatic heterocycles. The number of amides is 1. The van der Waals surface area contributed by atoms with E-state index in [1.54, 1.807) is 27.7 Å². The lowest BCUT2D eigenvalue weighted by atomic mass is 9.99. The van der Waals surface area contributed by atoms with Gasteiger partial charge in [0.2, 0.25) is 0 Å². The van der Waals surface area contributed by atoms with Gasteiger partial charge in [-0.1, -0.05) is 0 Å². The molecule has 1 rings (SSSR count). The van der Waals surface area contributed by atoms with Gasteiger partial charge in [-0.25, -0.2) is 9.59 Å². The monoisotopic (exact) mass is 272 g/mol. The third-order valence-electron chi connectivity index (χ3n) is 2.81. The summed E-state index contributed by atoms with van der Waals surface area (Å²) in [4.78, 5) is 25.4. The van der Waals surface area contributed by atoms with Crippen LogP contribution in [-0.4, -0.2) is 47.8 Å². The Balaban J connectivity index is 2.78. The van der Waals surface area contributed by atoms with Crippen molar-refractivity contribution in [2.75, 3.05) is 13.2 Å². The molecule has 2 N–H and O–H groups in total. The minimum Gasteiger partial charge on any atom is -0.464 e. The van der Waals surface area contributed by atoms with Crippen LogP contribution in [0.4, 0.5) is 4.79 Å². The van der Waals surface area contributed by atoms with Crippen molar-refractivity contribution in [1.29, 1.82) is 0 Å². The Labute approximate surface area is 114 Å². The van der Waals surface area contributed by atoms with Crippen molar-refractivity contribution in [2.45, 2.75) is 58.2 Å². The first-order valence-corrected chi connectivity index (χ1v) is 6.66. The highest BCUT2D eigenvalue weighted by molar-refractivity contribution is 5.81. The van der Waals surface area contributed by atoms with Crippen LogP contribution in [0.5, 0.6) is 0 Å². The maximum Gasteiger partial charge on any atom is 0.411 e. The van der Waals surface area contributed by atoms with Crippen LogP contribution < -0.4 is 5.73 Å². The van der Waals surface area contributed by atoms with Crippen LogP contribution in [-0.2, 0) is 14.3 Å². The van der Waals surface area contributed by atoms with Gasteiger partial charge in [-0.15, -0.1) is 0 Å². The molecule has 0 spiro atoms. The predicted molar refractivity (Wildman–Crippen MR) is 70.6 cm³/mol. The fourth-order valence-corrected chi connectivity index (χ4v) is 2.00. The molecule has 0 aromatic carbocycles. The van der Waals surface area contributed by atoms with E-state index < -0.39 is 17.7 Å². The second-order valence-corrected chi connectivity index (χ2v) is 5.74. The third kappa shape index (κ3) is 4.70. The van der Waals surface area contributed by atoms with Crippen LogP contribution in [0.3, 0.4) is 0 Å². The molecule has 1 amide bonds. The van der Waals surface area contributed by atoms with E-state index in [-0.39, 0.29) is 12.0 Å². The Bertz CT molecular complexity index is 338. The highest BCUT2D eigenvalue weighted by atomic mass is 16.6. The number of esters is 1. The topological polar surface area (TPSA) is 81.9 Å². The van der Waals surface area contributed by atoms with Gasteiger partial charge in [0.25, 0.3) is 0 Å². The lowest BCUT2D eigenvalue weighted by Gasteiger charge is -2.37. The first kappa shape index (κ1) is 15.8. The summed E-state index contributed by atoms with van der Waals surface area (Å²) >= 11 is 0. The average Bonchev–Trinajstić information content (AvgIpc) is 2.26. The summed E-state index contributed by atoms with van der Waals surface area (Å²) in [6.45, 7) is 7.71. The van der Waals surface area contributed by atoms with Crippen LogP contribution >= 0.6 is 0 Å². The zero-order valence-corrected chi connectivity index (χ0v) is 12.1. The molecule has 0 aliphatic carbocycles. The van der Waals surface area contributed by atoms with Gasteiger partial charge in [0.15, 0.2) is 0 Å². The first-order chi connectivity index (χ1) is 8.74. The Morgan fingerprint density at radius 3 is 2.47 bits per heavy atom. The number of likely N-dealkylation sites (tertiary alicyclic amines) is 1. The van der Waals surface area contributed by atoms with Crippen LogP contribution in [0.1, 0.15) is 40.5 Å². The molecule has 6 nitrogen and oxygen atoms in total. The molecule has 1 heterocycles. The standard InChI is InChI=1S/C13H24N2O4/c1-5-18-11(16)10-7-6-9(14)8-15(10)12(17)19-13(2,3)4/h9-10H,5-8,14H2,1-4H3/t9-,10-/m1/s1. The number of ether oxygens (including phenoxy) is 2. The summed E-state index contributed by atoms with van der Waals surface area (Å²) in [6, 6.07) is -0.715. The number of piperidine rings is 1. The van der Waals surface area contributed by atoms with E-state index in [0.29, 0.717) is 26.0 Å². The van der Waals surface area contributed by atoms with Crippen molar-refractivity contribution in [3.8, 4) is 0 Å². The quantitative estimate of drug-likeness (QED) is 0.766. The third-order valence-corrected chi connectivity index (χ3v) is 2.81. The molecule has 110 valence electrons. The normalized spacial score (nSPS) is 23.9. The van der Waals surface area contributed by atoms with Gasteiger partial charge in [-0.05, 0) is 40.5 Å². The summed E-state index contributed by atoms with van der Waals surface area (Å²) in [7, 11) is 0. The van der Waals surface area contributed by atoms with E-state index >= 15 is 0 Å². The average molecular weight is 272 g/mol. The molecular formula is C13H24N2O4. The van der Waals surface area contributed by atoms with Crippen molar-refractivity contribution >= 4 is 12.1 Å². The van der Waals surface area contributed by atoms with E-state index in [1.165, 1.54) is 4.90 Å². The van der Waals surface area contributed by atoms with Crippen LogP contribution in [0, 0.1) is 0 Å². The van der Waals surface area contributed by atoms with Crippen LogP contribution in [0.15, 0.2) is 0 Å². The largest absolute Gasteiger partial charge is 0.464 e. The molecule has 0 radical (unpaired) electrons. The SMILES string of the molecule is CCOC(=O)[C@H]1CC[C@@H](N)CN1C(=O)OC(C)(C)C. The highest BCUT2D eigenvalue weighted by Crippen LogP contribution is 2.21. The smallest absolute Gasteiger partial charge is 0.411 e. The minimum absolute atomic E-state index is 0.127. The zero-order chi connectivity index (χ0) is 14.6. The fourth-order valence-electron chi connectivity index (χ4n) is 2.00.